The van der Waals surface area contributed by atoms with Gasteiger partial charge in [0.05, 0.1) is 13.2 Å². The van der Waals surface area contributed by atoms with E-state index in [4.69, 9.17) is 9.15 Å². The van der Waals surface area contributed by atoms with Gasteiger partial charge in [-0.05, 0) is 59.8 Å². The molecule has 2 aromatic carbocycles. The van der Waals surface area contributed by atoms with Gasteiger partial charge in [0.2, 0.25) is 0 Å². The molecule has 0 saturated carbocycles. The lowest BCUT2D eigenvalue weighted by Crippen LogP contribution is -2.05. The number of halogens is 1. The molecule has 0 bridgehead atoms. The van der Waals surface area contributed by atoms with Gasteiger partial charge >= 0.3 is 0 Å². The summed E-state index contributed by atoms with van der Waals surface area (Å²) in [5.74, 6) is 1.66. The van der Waals surface area contributed by atoms with Gasteiger partial charge in [-0.2, -0.15) is 0 Å². The van der Waals surface area contributed by atoms with Crippen molar-refractivity contribution in [2.75, 3.05) is 12.4 Å². The molecular formula is C17H16INO2. The van der Waals surface area contributed by atoms with Crippen molar-refractivity contribution in [2.45, 2.75) is 13.0 Å². The number of hydrogen-bond donors (Lipinski definition) is 1. The predicted octanol–water partition coefficient (Wildman–Crippen LogP) is 5.22. The topological polar surface area (TPSA) is 34.4 Å². The first-order chi connectivity index (χ1) is 10.2. The zero-order chi connectivity index (χ0) is 14.8. The molecule has 1 aromatic heterocycles. The van der Waals surface area contributed by atoms with Crippen LogP contribution in [0, 0.1) is 3.57 Å². The first kappa shape index (κ1) is 14.3. The molecule has 0 saturated heterocycles. The van der Waals surface area contributed by atoms with Gasteiger partial charge in [0, 0.05) is 14.6 Å². The zero-order valence-corrected chi connectivity index (χ0v) is 14.0. The molecule has 0 aliphatic rings. The van der Waals surface area contributed by atoms with E-state index in [-0.39, 0.29) is 6.04 Å². The van der Waals surface area contributed by atoms with E-state index in [9.17, 15) is 0 Å². The first-order valence-electron chi connectivity index (χ1n) is 6.76. The van der Waals surface area contributed by atoms with Gasteiger partial charge in [0.25, 0.3) is 0 Å². The lowest BCUT2D eigenvalue weighted by atomic mass is 10.2. The molecule has 1 heterocycles. The SMILES string of the molecule is COc1cccc2cc(C(C)Nc3cccc(I)c3)oc12. The molecule has 4 heteroatoms. The largest absolute Gasteiger partial charge is 0.493 e. The smallest absolute Gasteiger partial charge is 0.176 e. The number of nitrogens with one attached hydrogen (secondary N) is 1. The normalized spacial score (nSPS) is 12.3. The molecule has 0 fully saturated rings. The Kier molecular flexibility index (Phi) is 4.05. The van der Waals surface area contributed by atoms with Crippen LogP contribution in [0.25, 0.3) is 11.0 Å². The lowest BCUT2D eigenvalue weighted by molar-refractivity contribution is 0.406. The summed E-state index contributed by atoms with van der Waals surface area (Å²) >= 11 is 2.31. The first-order valence-corrected chi connectivity index (χ1v) is 7.84. The summed E-state index contributed by atoms with van der Waals surface area (Å²) in [6.45, 7) is 2.09. The van der Waals surface area contributed by atoms with Crippen LogP contribution in [0.2, 0.25) is 0 Å². The van der Waals surface area contributed by atoms with E-state index in [1.165, 1.54) is 3.57 Å². The summed E-state index contributed by atoms with van der Waals surface area (Å²) in [6, 6.07) is 16.3. The van der Waals surface area contributed by atoms with E-state index >= 15 is 0 Å². The van der Waals surface area contributed by atoms with Crippen LogP contribution in [-0.4, -0.2) is 7.11 Å². The Morgan fingerprint density at radius 3 is 2.71 bits per heavy atom. The Labute approximate surface area is 137 Å². The number of para-hydroxylation sites is 1. The van der Waals surface area contributed by atoms with Gasteiger partial charge in [-0.25, -0.2) is 0 Å². The predicted molar refractivity (Wildman–Crippen MR) is 94.0 cm³/mol. The molecule has 21 heavy (non-hydrogen) atoms. The highest BCUT2D eigenvalue weighted by atomic mass is 127. The highest BCUT2D eigenvalue weighted by Gasteiger charge is 2.14. The standard InChI is InChI=1S/C17H16INO2/c1-11(19-14-7-4-6-13(18)10-14)16-9-12-5-3-8-15(20-2)17(12)21-16/h3-11,19H,1-2H3. The lowest BCUT2D eigenvalue weighted by Gasteiger charge is -2.13. The van der Waals surface area contributed by atoms with Crippen LogP contribution in [0.3, 0.4) is 0 Å². The van der Waals surface area contributed by atoms with Crippen LogP contribution < -0.4 is 10.1 Å². The molecular weight excluding hydrogens is 377 g/mol. The number of fused-ring (bicyclic) bond motifs is 1. The van der Waals surface area contributed by atoms with Crippen molar-refractivity contribution < 1.29 is 9.15 Å². The van der Waals surface area contributed by atoms with E-state index in [1.807, 2.05) is 24.3 Å². The van der Waals surface area contributed by atoms with Crippen LogP contribution in [-0.2, 0) is 0 Å². The van der Waals surface area contributed by atoms with Crippen LogP contribution in [0.4, 0.5) is 5.69 Å². The number of benzene rings is 2. The van der Waals surface area contributed by atoms with Gasteiger partial charge in [-0.3, -0.25) is 0 Å². The van der Waals surface area contributed by atoms with Crippen molar-refractivity contribution >= 4 is 39.2 Å². The van der Waals surface area contributed by atoms with E-state index < -0.39 is 0 Å². The third kappa shape index (κ3) is 3.00. The summed E-state index contributed by atoms with van der Waals surface area (Å²) in [4.78, 5) is 0. The fourth-order valence-electron chi connectivity index (χ4n) is 2.33. The maximum Gasteiger partial charge on any atom is 0.176 e. The molecule has 3 nitrogen and oxygen atoms in total. The minimum absolute atomic E-state index is 0.0836. The summed E-state index contributed by atoms with van der Waals surface area (Å²) in [6.07, 6.45) is 0. The summed E-state index contributed by atoms with van der Waals surface area (Å²) in [5, 5.41) is 4.51. The number of rotatable bonds is 4. The Balaban J connectivity index is 1.89. The van der Waals surface area contributed by atoms with E-state index in [1.54, 1.807) is 7.11 Å². The molecule has 0 aliphatic carbocycles. The average molecular weight is 393 g/mol. The van der Waals surface area contributed by atoms with Crippen LogP contribution in [0.1, 0.15) is 18.7 Å². The Bertz CT molecular complexity index is 766. The van der Waals surface area contributed by atoms with Crippen molar-refractivity contribution in [2.24, 2.45) is 0 Å². The molecule has 0 spiro atoms. The van der Waals surface area contributed by atoms with Crippen LogP contribution in [0.5, 0.6) is 5.75 Å². The molecule has 1 atom stereocenters. The second kappa shape index (κ2) is 5.97. The Morgan fingerprint density at radius 1 is 1.14 bits per heavy atom. The second-order valence-electron chi connectivity index (χ2n) is 4.90. The van der Waals surface area contributed by atoms with Crippen molar-refractivity contribution in [3.63, 3.8) is 0 Å². The Morgan fingerprint density at radius 2 is 1.95 bits per heavy atom. The van der Waals surface area contributed by atoms with Gasteiger partial charge in [-0.15, -0.1) is 0 Å². The van der Waals surface area contributed by atoms with Crippen molar-refractivity contribution in [1.82, 2.24) is 0 Å². The van der Waals surface area contributed by atoms with Crippen molar-refractivity contribution in [3.05, 3.63) is 57.9 Å². The van der Waals surface area contributed by atoms with Crippen molar-refractivity contribution in [1.29, 1.82) is 0 Å². The zero-order valence-electron chi connectivity index (χ0n) is 11.9. The minimum atomic E-state index is 0.0836. The maximum absolute atomic E-state index is 5.96. The monoisotopic (exact) mass is 393 g/mol. The quantitative estimate of drug-likeness (QED) is 0.618. The van der Waals surface area contributed by atoms with Gasteiger partial charge in [0.15, 0.2) is 11.3 Å². The number of ether oxygens (including phenoxy) is 1. The molecule has 1 unspecified atom stereocenters. The number of anilines is 1. The van der Waals surface area contributed by atoms with Gasteiger partial charge in [0.1, 0.15) is 5.76 Å². The van der Waals surface area contributed by atoms with Crippen LogP contribution >= 0.6 is 22.6 Å². The molecule has 3 aromatic rings. The van der Waals surface area contributed by atoms with E-state index in [0.29, 0.717) is 0 Å². The molecule has 0 aliphatic heterocycles. The van der Waals surface area contributed by atoms with E-state index in [0.717, 1.165) is 28.2 Å². The highest BCUT2D eigenvalue weighted by molar-refractivity contribution is 14.1. The highest BCUT2D eigenvalue weighted by Crippen LogP contribution is 2.32. The van der Waals surface area contributed by atoms with Crippen molar-refractivity contribution in [3.8, 4) is 5.75 Å². The molecule has 1 N–H and O–H groups in total. The van der Waals surface area contributed by atoms with Crippen LogP contribution in [0.15, 0.2) is 52.9 Å². The third-order valence-electron chi connectivity index (χ3n) is 3.38. The summed E-state index contributed by atoms with van der Waals surface area (Å²) in [7, 11) is 1.66. The number of methoxy groups -OCH3 is 1. The molecule has 3 rings (SSSR count). The average Bonchev–Trinajstić information content (AvgIpc) is 2.91. The molecule has 108 valence electrons. The summed E-state index contributed by atoms with van der Waals surface area (Å²) in [5.41, 5.74) is 1.88. The Hall–Kier alpha value is -1.69. The minimum Gasteiger partial charge on any atom is -0.493 e. The fraction of sp³-hybridized carbons (Fsp3) is 0.176. The second-order valence-corrected chi connectivity index (χ2v) is 6.15. The van der Waals surface area contributed by atoms with Gasteiger partial charge < -0.3 is 14.5 Å². The third-order valence-corrected chi connectivity index (χ3v) is 4.05. The fourth-order valence-corrected chi connectivity index (χ4v) is 2.87. The maximum atomic E-state index is 5.96. The number of hydrogen-bond acceptors (Lipinski definition) is 3. The van der Waals surface area contributed by atoms with E-state index in [2.05, 4.69) is 59.1 Å². The summed E-state index contributed by atoms with van der Waals surface area (Å²) < 4.78 is 12.5. The number of furan rings is 1. The molecule has 0 amide bonds. The van der Waals surface area contributed by atoms with Gasteiger partial charge in [-0.1, -0.05) is 18.2 Å². The molecule has 0 radical (unpaired) electrons.